The first-order chi connectivity index (χ1) is 12.3. The highest BCUT2D eigenvalue weighted by atomic mass is 32.2. The molecule has 1 unspecified atom stereocenters. The van der Waals surface area contributed by atoms with Gasteiger partial charge in [-0.3, -0.25) is 9.52 Å². The lowest BCUT2D eigenvalue weighted by Gasteiger charge is -2.13. The molecular weight excluding hydrogens is 376 g/mol. The Morgan fingerprint density at radius 1 is 0.923 bits per heavy atom. The van der Waals surface area contributed by atoms with Crippen molar-refractivity contribution in [3.8, 4) is 11.1 Å². The Bertz CT molecular complexity index is 998. The van der Waals surface area contributed by atoms with Crippen LogP contribution in [0, 0.1) is 0 Å². The number of hydrogen-bond acceptors (Lipinski definition) is 5. The molecule has 9 heteroatoms. The second-order valence-corrected chi connectivity index (χ2v) is 10.3. The van der Waals surface area contributed by atoms with Crippen LogP contribution in [-0.4, -0.2) is 40.0 Å². The van der Waals surface area contributed by atoms with Gasteiger partial charge in [-0.25, -0.2) is 16.8 Å². The highest BCUT2D eigenvalue weighted by molar-refractivity contribution is 7.97. The summed E-state index contributed by atoms with van der Waals surface area (Å²) >= 11 is 0. The molecule has 0 spiro atoms. The molecule has 1 heterocycles. The van der Waals surface area contributed by atoms with Gasteiger partial charge in [-0.15, -0.1) is 0 Å². The minimum atomic E-state index is -3.74. The van der Waals surface area contributed by atoms with Gasteiger partial charge in [0.05, 0.1) is 16.8 Å². The summed E-state index contributed by atoms with van der Waals surface area (Å²) in [6, 6.07) is 14.0. The van der Waals surface area contributed by atoms with Crippen molar-refractivity contribution < 1.29 is 21.6 Å². The fourth-order valence-corrected chi connectivity index (χ4v) is 6.90. The highest BCUT2D eigenvalue weighted by Crippen LogP contribution is 2.25. The smallest absolute Gasteiger partial charge is 0.236 e. The molecule has 0 bridgehead atoms. The number of sulfone groups is 1. The number of carbonyl (C=O) groups excluding carboxylic acids is 1. The molecule has 138 valence electrons. The number of benzene rings is 2. The maximum Gasteiger partial charge on any atom is 0.236 e. The Morgan fingerprint density at radius 2 is 1.46 bits per heavy atom. The van der Waals surface area contributed by atoms with Gasteiger partial charge in [-0.2, -0.15) is 0 Å². The Morgan fingerprint density at radius 3 is 1.92 bits per heavy atom. The molecule has 26 heavy (non-hydrogen) atoms. The van der Waals surface area contributed by atoms with Gasteiger partial charge in [0.2, 0.25) is 16.4 Å². The molecule has 2 N–H and O–H groups in total. The number of anilines is 2. The van der Waals surface area contributed by atoms with E-state index in [4.69, 9.17) is 0 Å². The summed E-state index contributed by atoms with van der Waals surface area (Å²) in [5.74, 6) is -0.423. The number of hydrogen-bond donors (Lipinski definition) is 2. The molecule has 0 aromatic heterocycles. The van der Waals surface area contributed by atoms with E-state index in [1.807, 2.05) is 12.1 Å². The first-order valence-electron chi connectivity index (χ1n) is 7.92. The summed E-state index contributed by atoms with van der Waals surface area (Å²) in [6.07, 6.45) is 0.725. The minimum Gasteiger partial charge on any atom is -0.329 e. The van der Waals surface area contributed by atoms with Crippen LogP contribution in [0.4, 0.5) is 11.4 Å². The molecule has 7 nitrogen and oxygen atoms in total. The topological polar surface area (TPSA) is 109 Å². The van der Waals surface area contributed by atoms with Crippen molar-refractivity contribution in [3.05, 3.63) is 48.5 Å². The van der Waals surface area contributed by atoms with E-state index in [0.717, 1.165) is 11.1 Å². The molecule has 2 aromatic rings. The van der Waals surface area contributed by atoms with Gasteiger partial charge < -0.3 is 5.32 Å². The molecule has 1 saturated heterocycles. The maximum atomic E-state index is 12.3. The molecule has 1 aliphatic rings. The number of nitrogens with one attached hydrogen (secondary N) is 2. The summed E-state index contributed by atoms with van der Waals surface area (Å²) in [6.45, 7) is 0. The van der Waals surface area contributed by atoms with Crippen LogP contribution in [0.3, 0.4) is 0 Å². The van der Waals surface area contributed by atoms with Gasteiger partial charge >= 0.3 is 0 Å². The number of rotatable bonds is 6. The summed E-state index contributed by atoms with van der Waals surface area (Å²) in [7, 11) is -7.01. The summed E-state index contributed by atoms with van der Waals surface area (Å²) in [5.41, 5.74) is 2.86. The molecule has 0 saturated carbocycles. The summed E-state index contributed by atoms with van der Waals surface area (Å²) in [4.78, 5) is 10.4. The predicted octanol–water partition coefficient (Wildman–Crippen LogP) is 1.85. The SMILES string of the molecule is O=CNc1ccc(-c2ccc(NS(=O)(=O)C3CCS(=O)(=O)C3)cc2)cc1. The van der Waals surface area contributed by atoms with Gasteiger partial charge in [0.15, 0.2) is 9.84 Å². The molecule has 1 atom stereocenters. The van der Waals surface area contributed by atoms with Crippen LogP contribution in [0.5, 0.6) is 0 Å². The van der Waals surface area contributed by atoms with E-state index in [0.29, 0.717) is 17.8 Å². The fraction of sp³-hybridized carbons (Fsp3) is 0.235. The van der Waals surface area contributed by atoms with Crippen molar-refractivity contribution in [2.75, 3.05) is 21.5 Å². The lowest BCUT2D eigenvalue weighted by atomic mass is 10.1. The van der Waals surface area contributed by atoms with Crippen LogP contribution in [0.2, 0.25) is 0 Å². The Kier molecular flexibility index (Phi) is 5.01. The maximum absolute atomic E-state index is 12.3. The van der Waals surface area contributed by atoms with Gasteiger partial charge in [-0.1, -0.05) is 24.3 Å². The molecule has 3 rings (SSSR count). The van der Waals surface area contributed by atoms with Crippen molar-refractivity contribution in [1.29, 1.82) is 0 Å². The number of amides is 1. The average Bonchev–Trinajstić information content (AvgIpc) is 2.97. The quantitative estimate of drug-likeness (QED) is 0.727. The second-order valence-electron chi connectivity index (χ2n) is 6.09. The lowest BCUT2D eigenvalue weighted by molar-refractivity contribution is -0.105. The molecule has 1 fully saturated rings. The molecule has 0 aliphatic carbocycles. The zero-order valence-electron chi connectivity index (χ0n) is 13.8. The molecule has 2 aromatic carbocycles. The molecule has 1 aliphatic heterocycles. The Hall–Kier alpha value is -2.39. The first kappa shape index (κ1) is 18.4. The van der Waals surface area contributed by atoms with Crippen LogP contribution in [-0.2, 0) is 24.7 Å². The van der Waals surface area contributed by atoms with Crippen LogP contribution in [0.15, 0.2) is 48.5 Å². The standard InChI is InChI=1S/C17H18N2O5S2/c20-12-18-15-5-1-13(2-6-15)14-3-7-16(8-4-14)19-26(23,24)17-9-10-25(21,22)11-17/h1-8,12,17,19H,9-11H2,(H,18,20). The van der Waals surface area contributed by atoms with E-state index in [2.05, 4.69) is 10.0 Å². The van der Waals surface area contributed by atoms with E-state index in [-0.39, 0.29) is 17.9 Å². The van der Waals surface area contributed by atoms with Crippen molar-refractivity contribution in [2.45, 2.75) is 11.7 Å². The van der Waals surface area contributed by atoms with Crippen molar-refractivity contribution in [3.63, 3.8) is 0 Å². The first-order valence-corrected chi connectivity index (χ1v) is 11.3. The zero-order valence-corrected chi connectivity index (χ0v) is 15.4. The summed E-state index contributed by atoms with van der Waals surface area (Å²) < 4.78 is 50.1. The van der Waals surface area contributed by atoms with E-state index in [1.165, 1.54) is 0 Å². The van der Waals surface area contributed by atoms with Crippen molar-refractivity contribution >= 4 is 37.6 Å². The van der Waals surface area contributed by atoms with Gasteiger partial charge in [0.25, 0.3) is 0 Å². The lowest BCUT2D eigenvalue weighted by Crippen LogP contribution is -2.28. The second kappa shape index (κ2) is 7.08. The minimum absolute atomic E-state index is 0.0908. The number of carbonyl (C=O) groups is 1. The van der Waals surface area contributed by atoms with Crippen molar-refractivity contribution in [1.82, 2.24) is 0 Å². The van der Waals surface area contributed by atoms with Crippen LogP contribution in [0.1, 0.15) is 6.42 Å². The third-order valence-corrected chi connectivity index (χ3v) is 8.00. The summed E-state index contributed by atoms with van der Waals surface area (Å²) in [5, 5.41) is 1.64. The predicted molar refractivity (Wildman–Crippen MR) is 101 cm³/mol. The average molecular weight is 394 g/mol. The molecule has 0 radical (unpaired) electrons. The van der Waals surface area contributed by atoms with Crippen LogP contribution >= 0.6 is 0 Å². The Labute approximate surface area is 152 Å². The third-order valence-electron chi connectivity index (χ3n) is 4.22. The normalized spacial score (nSPS) is 19.0. The van der Waals surface area contributed by atoms with Gasteiger partial charge in [-0.05, 0) is 41.8 Å². The van der Waals surface area contributed by atoms with E-state index < -0.39 is 25.1 Å². The van der Waals surface area contributed by atoms with Crippen LogP contribution in [0.25, 0.3) is 11.1 Å². The number of sulfonamides is 1. The van der Waals surface area contributed by atoms with E-state index >= 15 is 0 Å². The fourth-order valence-electron chi connectivity index (χ4n) is 2.81. The molecule has 1 amide bonds. The zero-order chi connectivity index (χ0) is 18.8. The van der Waals surface area contributed by atoms with Gasteiger partial charge in [0.1, 0.15) is 0 Å². The highest BCUT2D eigenvalue weighted by Gasteiger charge is 2.37. The van der Waals surface area contributed by atoms with E-state index in [1.54, 1.807) is 36.4 Å². The largest absolute Gasteiger partial charge is 0.329 e. The monoisotopic (exact) mass is 394 g/mol. The van der Waals surface area contributed by atoms with Gasteiger partial charge in [0, 0.05) is 11.4 Å². The van der Waals surface area contributed by atoms with Crippen LogP contribution < -0.4 is 10.0 Å². The Balaban J connectivity index is 1.72. The molecular formula is C17H18N2O5S2. The van der Waals surface area contributed by atoms with Crippen molar-refractivity contribution in [2.24, 2.45) is 0 Å². The van der Waals surface area contributed by atoms with E-state index in [9.17, 15) is 21.6 Å². The third kappa shape index (κ3) is 4.23.